The van der Waals surface area contributed by atoms with E-state index in [0.29, 0.717) is 0 Å². The average Bonchev–Trinajstić information content (AvgIpc) is 3.41. The van der Waals surface area contributed by atoms with Crippen LogP contribution in [0.1, 0.15) is 0 Å². The van der Waals surface area contributed by atoms with Gasteiger partial charge in [0.1, 0.15) is 0 Å². The minimum Gasteiger partial charge on any atom is -0.309 e. The van der Waals surface area contributed by atoms with Crippen LogP contribution in [0.25, 0.3) is 52.8 Å². The normalized spacial score (nSPS) is 11.5. The van der Waals surface area contributed by atoms with E-state index in [0.717, 1.165) is 11.4 Å². The van der Waals surface area contributed by atoms with Crippen molar-refractivity contribution in [1.29, 1.82) is 0 Å². The lowest BCUT2D eigenvalue weighted by Gasteiger charge is -2.27. The molecule has 0 radical (unpaired) electrons. The number of hydrogen-bond donors (Lipinski definition) is 0. The molecule has 0 saturated heterocycles. The van der Waals surface area contributed by atoms with Crippen LogP contribution in [0, 0.1) is 0 Å². The number of rotatable bonds is 4. The van der Waals surface area contributed by atoms with Crippen LogP contribution in [0.4, 0.5) is 17.1 Å². The van der Waals surface area contributed by atoms with Crippen molar-refractivity contribution in [3.05, 3.63) is 146 Å². The molecule has 188 valence electrons. The van der Waals surface area contributed by atoms with Gasteiger partial charge < -0.3 is 4.90 Å². The first-order valence-electron chi connectivity index (χ1n) is 13.5. The Balaban J connectivity index is 1.38. The van der Waals surface area contributed by atoms with Gasteiger partial charge in [-0.1, -0.05) is 97.1 Å². The van der Waals surface area contributed by atoms with E-state index in [1.54, 1.807) is 0 Å². The van der Waals surface area contributed by atoms with Gasteiger partial charge in [-0.3, -0.25) is 4.98 Å². The molecule has 0 atom stereocenters. The molecule has 0 spiro atoms. The maximum absolute atomic E-state index is 4.42. The van der Waals surface area contributed by atoms with Gasteiger partial charge in [-0.25, -0.2) is 0 Å². The third-order valence-corrected chi connectivity index (χ3v) is 8.95. The van der Waals surface area contributed by atoms with E-state index in [1.807, 2.05) is 23.7 Å². The average molecular weight is 529 g/mol. The van der Waals surface area contributed by atoms with E-state index in [-0.39, 0.29) is 0 Å². The molecule has 2 heterocycles. The van der Waals surface area contributed by atoms with Gasteiger partial charge in [0, 0.05) is 39.2 Å². The molecule has 2 nitrogen and oxygen atoms in total. The van der Waals surface area contributed by atoms with E-state index in [1.165, 1.54) is 58.5 Å². The van der Waals surface area contributed by atoms with Crippen LogP contribution in [0.3, 0.4) is 0 Å². The second kappa shape index (κ2) is 9.33. The number of nitrogens with zero attached hydrogens (tertiary/aromatic N) is 2. The molecule has 0 unspecified atom stereocenters. The van der Waals surface area contributed by atoms with Gasteiger partial charge in [-0.15, -0.1) is 11.3 Å². The minimum absolute atomic E-state index is 1.13. The molecule has 6 aromatic carbocycles. The largest absolute Gasteiger partial charge is 0.309 e. The van der Waals surface area contributed by atoms with Crippen LogP contribution < -0.4 is 4.90 Å². The molecule has 0 aliphatic rings. The van der Waals surface area contributed by atoms with E-state index >= 15 is 0 Å². The monoisotopic (exact) mass is 528 g/mol. The molecule has 0 aliphatic carbocycles. The Kier molecular flexibility index (Phi) is 5.35. The fraction of sp³-hybridized carbons (Fsp3) is 0. The number of aromatic nitrogens is 1. The summed E-state index contributed by atoms with van der Waals surface area (Å²) in [6.45, 7) is 0. The van der Waals surface area contributed by atoms with Crippen LogP contribution in [-0.4, -0.2) is 4.98 Å². The van der Waals surface area contributed by atoms with Crippen LogP contribution in [0.2, 0.25) is 0 Å². The number of thiophene rings is 1. The summed E-state index contributed by atoms with van der Waals surface area (Å²) in [6.07, 6.45) is 3.87. The molecule has 8 aromatic rings. The Labute approximate surface area is 236 Å². The molecule has 0 N–H and O–H groups in total. The van der Waals surface area contributed by atoms with Crippen LogP contribution >= 0.6 is 11.3 Å². The van der Waals surface area contributed by atoms with Gasteiger partial charge in [0.2, 0.25) is 0 Å². The summed E-state index contributed by atoms with van der Waals surface area (Å²) in [4.78, 5) is 6.82. The van der Waals surface area contributed by atoms with Crippen molar-refractivity contribution in [1.82, 2.24) is 4.98 Å². The lowest BCUT2D eigenvalue weighted by Crippen LogP contribution is -2.10. The predicted octanol–water partition coefficient (Wildman–Crippen LogP) is 10.9. The zero-order valence-corrected chi connectivity index (χ0v) is 22.5. The summed E-state index contributed by atoms with van der Waals surface area (Å²) >= 11 is 1.83. The lowest BCUT2D eigenvalue weighted by molar-refractivity contribution is 1.31. The fourth-order valence-corrected chi connectivity index (χ4v) is 6.97. The first kappa shape index (κ1) is 22.9. The minimum atomic E-state index is 1.13. The highest BCUT2D eigenvalue weighted by atomic mass is 32.1. The number of hydrogen-bond acceptors (Lipinski definition) is 3. The van der Waals surface area contributed by atoms with Gasteiger partial charge in [-0.2, -0.15) is 0 Å². The van der Waals surface area contributed by atoms with E-state index in [4.69, 9.17) is 0 Å². The Hall–Kier alpha value is -4.99. The van der Waals surface area contributed by atoms with Gasteiger partial charge in [0.05, 0.1) is 10.4 Å². The molecule has 8 rings (SSSR count). The summed E-state index contributed by atoms with van der Waals surface area (Å²) < 4.78 is 2.51. The van der Waals surface area contributed by atoms with E-state index in [2.05, 4.69) is 143 Å². The first-order valence-corrected chi connectivity index (χ1v) is 14.3. The lowest BCUT2D eigenvalue weighted by atomic mass is 10.0. The molecule has 3 heteroatoms. The Morgan fingerprint density at radius 3 is 2.08 bits per heavy atom. The van der Waals surface area contributed by atoms with Crippen molar-refractivity contribution < 1.29 is 0 Å². The highest BCUT2D eigenvalue weighted by Gasteiger charge is 2.19. The molecule has 0 aliphatic heterocycles. The van der Waals surface area contributed by atoms with Crippen LogP contribution in [0.15, 0.2) is 146 Å². The van der Waals surface area contributed by atoms with E-state index < -0.39 is 0 Å². The molecule has 0 bridgehead atoms. The summed E-state index contributed by atoms with van der Waals surface area (Å²) in [6, 6.07) is 48.1. The van der Waals surface area contributed by atoms with Crippen LogP contribution in [0.5, 0.6) is 0 Å². The highest BCUT2D eigenvalue weighted by molar-refractivity contribution is 7.26. The third kappa shape index (κ3) is 3.75. The zero-order chi connectivity index (χ0) is 26.5. The summed E-state index contributed by atoms with van der Waals surface area (Å²) in [5, 5.41) is 7.47. The van der Waals surface area contributed by atoms with E-state index in [9.17, 15) is 0 Å². The third-order valence-electron chi connectivity index (χ3n) is 7.74. The molecule has 2 aromatic heterocycles. The number of pyridine rings is 1. The highest BCUT2D eigenvalue weighted by Crippen LogP contribution is 2.45. The molecule has 0 saturated carbocycles. The predicted molar refractivity (Wildman–Crippen MR) is 172 cm³/mol. The smallest absolute Gasteiger partial charge is 0.0640 e. The zero-order valence-electron chi connectivity index (χ0n) is 21.7. The number of fused-ring (bicyclic) bond motifs is 6. The Morgan fingerprint density at radius 1 is 0.500 bits per heavy atom. The molecule has 0 amide bonds. The van der Waals surface area contributed by atoms with Crippen molar-refractivity contribution in [2.24, 2.45) is 0 Å². The van der Waals surface area contributed by atoms with Crippen molar-refractivity contribution in [3.63, 3.8) is 0 Å². The first-order chi connectivity index (χ1) is 19.8. The van der Waals surface area contributed by atoms with Gasteiger partial charge >= 0.3 is 0 Å². The topological polar surface area (TPSA) is 16.1 Å². The van der Waals surface area contributed by atoms with Crippen LogP contribution in [-0.2, 0) is 0 Å². The number of benzene rings is 6. The Bertz CT molecular complexity index is 2160. The van der Waals surface area contributed by atoms with Gasteiger partial charge in [0.25, 0.3) is 0 Å². The summed E-state index contributed by atoms with van der Waals surface area (Å²) in [7, 11) is 0. The van der Waals surface area contributed by atoms with Crippen molar-refractivity contribution >= 4 is 70.1 Å². The summed E-state index contributed by atoms with van der Waals surface area (Å²) in [5.74, 6) is 0. The second-order valence-corrected chi connectivity index (χ2v) is 11.1. The summed E-state index contributed by atoms with van der Waals surface area (Å²) in [5.41, 5.74) is 5.87. The van der Waals surface area contributed by atoms with Crippen molar-refractivity contribution in [2.45, 2.75) is 0 Å². The maximum Gasteiger partial charge on any atom is 0.0640 e. The van der Waals surface area contributed by atoms with Crippen molar-refractivity contribution in [2.75, 3.05) is 4.90 Å². The van der Waals surface area contributed by atoms with Gasteiger partial charge in [0.15, 0.2) is 0 Å². The standard InChI is InChI=1S/C37H24N2S/c1-2-7-25(8-3-1)26-15-18-29(19-16-26)39(35-12-6-11-32-34-24-38-22-21-36(34)40-37(32)35)30-20-17-28-14-13-27-9-4-5-10-31(27)33(28)23-30/h1-24H. The molecule has 40 heavy (non-hydrogen) atoms. The Morgan fingerprint density at radius 2 is 1.20 bits per heavy atom. The molecular weight excluding hydrogens is 504 g/mol. The SMILES string of the molecule is c1ccc(-c2ccc(N(c3ccc4ccc5ccccc5c4c3)c3cccc4c3sc3ccncc34)cc2)cc1. The van der Waals surface area contributed by atoms with Gasteiger partial charge in [-0.05, 0) is 69.1 Å². The second-order valence-electron chi connectivity index (χ2n) is 10.1. The number of anilines is 3. The molecular formula is C37H24N2S. The quantitative estimate of drug-likeness (QED) is 0.211. The van der Waals surface area contributed by atoms with Crippen molar-refractivity contribution in [3.8, 4) is 11.1 Å². The maximum atomic E-state index is 4.42. The molecule has 0 fully saturated rings. The fourth-order valence-electron chi connectivity index (χ4n) is 5.79.